The molecule has 0 bridgehead atoms. The second kappa shape index (κ2) is 8.54. The normalized spacial score (nSPS) is 18.9. The van der Waals surface area contributed by atoms with Gasteiger partial charge in [0.25, 0.3) is 10.0 Å². The van der Waals surface area contributed by atoms with E-state index < -0.39 is 10.0 Å². The Balaban J connectivity index is 1.57. The predicted octanol–water partition coefficient (Wildman–Crippen LogP) is 2.56. The van der Waals surface area contributed by atoms with Gasteiger partial charge >= 0.3 is 0 Å². The molecule has 1 fully saturated rings. The van der Waals surface area contributed by atoms with Gasteiger partial charge in [-0.1, -0.05) is 38.1 Å². The summed E-state index contributed by atoms with van der Waals surface area (Å²) in [6.07, 6.45) is 5.98. The molecule has 1 aromatic heterocycles. The molecule has 1 aliphatic heterocycles. The zero-order chi connectivity index (χ0) is 19.4. The van der Waals surface area contributed by atoms with Crippen molar-refractivity contribution in [2.24, 2.45) is 13.0 Å². The predicted molar refractivity (Wildman–Crippen MR) is 107 cm³/mol. The number of piperidine rings is 1. The summed E-state index contributed by atoms with van der Waals surface area (Å²) in [4.78, 5) is 6.29. The summed E-state index contributed by atoms with van der Waals surface area (Å²) in [6, 6.07) is 8.73. The minimum absolute atomic E-state index is 0.0778. The molecule has 1 saturated heterocycles. The maximum Gasteiger partial charge on any atom is 0.259 e. The summed E-state index contributed by atoms with van der Waals surface area (Å²) in [6.45, 7) is 7.03. The van der Waals surface area contributed by atoms with Crippen LogP contribution in [0.5, 0.6) is 0 Å². The molecular weight excluding hydrogens is 360 g/mol. The highest BCUT2D eigenvalue weighted by Crippen LogP contribution is 2.17. The number of aromatic nitrogens is 2. The van der Waals surface area contributed by atoms with E-state index in [1.54, 1.807) is 11.6 Å². The Morgan fingerprint density at radius 3 is 2.56 bits per heavy atom. The van der Waals surface area contributed by atoms with Crippen LogP contribution in [-0.4, -0.2) is 42.0 Å². The standard InChI is InChI=1S/C20H30N4O2S/c1-16(2)11-17-6-8-18(9-7-17)12-24-10-4-5-19(13-24)22-27(25,26)20-14-23(3)15-21-20/h6-9,14-16,19,22H,4-5,10-13H2,1-3H3/t19-/m0/s1. The largest absolute Gasteiger partial charge is 0.339 e. The van der Waals surface area contributed by atoms with Gasteiger partial charge in [0.1, 0.15) is 0 Å². The minimum atomic E-state index is -3.56. The average molecular weight is 391 g/mol. The average Bonchev–Trinajstić information content (AvgIpc) is 3.04. The van der Waals surface area contributed by atoms with Gasteiger partial charge in [0, 0.05) is 32.4 Å². The van der Waals surface area contributed by atoms with E-state index in [1.807, 2.05) is 0 Å². The molecule has 1 atom stereocenters. The second-order valence-electron chi connectivity index (χ2n) is 7.99. The first kappa shape index (κ1) is 20.0. The maximum absolute atomic E-state index is 12.5. The van der Waals surface area contributed by atoms with Gasteiger partial charge in [0.2, 0.25) is 0 Å². The van der Waals surface area contributed by atoms with Crippen LogP contribution in [0.3, 0.4) is 0 Å². The van der Waals surface area contributed by atoms with Crippen molar-refractivity contribution < 1.29 is 8.42 Å². The monoisotopic (exact) mass is 390 g/mol. The first-order valence-corrected chi connectivity index (χ1v) is 11.1. The molecule has 0 saturated carbocycles. The van der Waals surface area contributed by atoms with Gasteiger partial charge in [-0.2, -0.15) is 0 Å². The number of sulfonamides is 1. The number of nitrogens with one attached hydrogen (secondary N) is 1. The molecular formula is C20H30N4O2S. The summed E-state index contributed by atoms with van der Waals surface area (Å²) in [5.74, 6) is 0.658. The van der Waals surface area contributed by atoms with Gasteiger partial charge in [-0.25, -0.2) is 18.1 Å². The highest BCUT2D eigenvalue weighted by atomic mass is 32.2. The molecule has 27 heavy (non-hydrogen) atoms. The smallest absolute Gasteiger partial charge is 0.259 e. The Labute approximate surface area is 162 Å². The van der Waals surface area contributed by atoms with Crippen molar-refractivity contribution in [2.45, 2.75) is 50.7 Å². The molecule has 0 aliphatic carbocycles. The molecule has 148 valence electrons. The van der Waals surface area contributed by atoms with Crippen molar-refractivity contribution in [1.29, 1.82) is 0 Å². The van der Waals surface area contributed by atoms with Gasteiger partial charge in [0.05, 0.1) is 6.33 Å². The van der Waals surface area contributed by atoms with Crippen LogP contribution in [0.15, 0.2) is 41.8 Å². The molecule has 0 unspecified atom stereocenters. The number of aryl methyl sites for hydroxylation is 1. The number of benzene rings is 1. The molecule has 2 heterocycles. The van der Waals surface area contributed by atoms with Crippen LogP contribution in [-0.2, 0) is 30.0 Å². The van der Waals surface area contributed by atoms with E-state index in [4.69, 9.17) is 0 Å². The fraction of sp³-hybridized carbons (Fsp3) is 0.550. The van der Waals surface area contributed by atoms with E-state index in [0.29, 0.717) is 5.92 Å². The summed E-state index contributed by atoms with van der Waals surface area (Å²) >= 11 is 0. The lowest BCUT2D eigenvalue weighted by molar-refractivity contribution is 0.194. The third-order valence-corrected chi connectivity index (χ3v) is 6.26. The van der Waals surface area contributed by atoms with Crippen molar-refractivity contribution in [1.82, 2.24) is 19.2 Å². The number of imidazole rings is 1. The van der Waals surface area contributed by atoms with Crippen molar-refractivity contribution in [2.75, 3.05) is 13.1 Å². The van der Waals surface area contributed by atoms with E-state index in [2.05, 4.69) is 52.7 Å². The Morgan fingerprint density at radius 1 is 1.22 bits per heavy atom. The fourth-order valence-electron chi connectivity index (χ4n) is 3.61. The van der Waals surface area contributed by atoms with Gasteiger partial charge in [-0.3, -0.25) is 4.90 Å². The highest BCUT2D eigenvalue weighted by molar-refractivity contribution is 7.89. The maximum atomic E-state index is 12.5. The third kappa shape index (κ3) is 5.64. The second-order valence-corrected chi connectivity index (χ2v) is 9.65. The minimum Gasteiger partial charge on any atom is -0.339 e. The molecule has 7 heteroatoms. The van der Waals surface area contributed by atoms with Crippen molar-refractivity contribution in [3.63, 3.8) is 0 Å². The Bertz CT molecular complexity index is 843. The molecule has 0 spiro atoms. The summed E-state index contributed by atoms with van der Waals surface area (Å²) in [7, 11) is -1.80. The Hall–Kier alpha value is -1.70. The SMILES string of the molecule is CC(C)Cc1ccc(CN2CCC[C@H](NS(=O)(=O)c3cn(C)cn3)C2)cc1. The Morgan fingerprint density at radius 2 is 1.93 bits per heavy atom. The molecule has 3 rings (SSSR count). The number of likely N-dealkylation sites (tertiary alicyclic amines) is 1. The number of hydrogen-bond acceptors (Lipinski definition) is 4. The molecule has 0 amide bonds. The third-order valence-electron chi connectivity index (χ3n) is 4.86. The van der Waals surface area contributed by atoms with Crippen LogP contribution in [0.2, 0.25) is 0 Å². The van der Waals surface area contributed by atoms with Gasteiger partial charge < -0.3 is 4.57 Å². The van der Waals surface area contributed by atoms with Gasteiger partial charge in [-0.05, 0) is 42.9 Å². The molecule has 6 nitrogen and oxygen atoms in total. The van der Waals surface area contributed by atoms with Crippen LogP contribution >= 0.6 is 0 Å². The summed E-state index contributed by atoms with van der Waals surface area (Å²) < 4.78 is 29.5. The molecule has 0 radical (unpaired) electrons. The van der Waals surface area contributed by atoms with Crippen LogP contribution in [0, 0.1) is 5.92 Å². The van der Waals surface area contributed by atoms with Crippen molar-refractivity contribution >= 4 is 10.0 Å². The fourth-order valence-corrected chi connectivity index (χ4v) is 4.86. The first-order chi connectivity index (χ1) is 12.8. The number of rotatable bonds is 7. The lowest BCUT2D eigenvalue weighted by Crippen LogP contribution is -2.47. The first-order valence-electron chi connectivity index (χ1n) is 9.62. The van der Waals surface area contributed by atoms with Crippen LogP contribution in [0.1, 0.15) is 37.8 Å². The van der Waals surface area contributed by atoms with Gasteiger partial charge in [0.15, 0.2) is 5.03 Å². The highest BCUT2D eigenvalue weighted by Gasteiger charge is 2.26. The summed E-state index contributed by atoms with van der Waals surface area (Å²) in [5.41, 5.74) is 2.64. The van der Waals surface area contributed by atoms with Gasteiger partial charge in [-0.15, -0.1) is 0 Å². The molecule has 1 aliphatic rings. The number of hydrogen-bond donors (Lipinski definition) is 1. The Kier molecular flexibility index (Phi) is 6.34. The molecule has 2 aromatic rings. The topological polar surface area (TPSA) is 67.2 Å². The molecule has 1 aromatic carbocycles. The zero-order valence-corrected chi connectivity index (χ0v) is 17.2. The van der Waals surface area contributed by atoms with Crippen LogP contribution in [0.4, 0.5) is 0 Å². The van der Waals surface area contributed by atoms with Crippen LogP contribution < -0.4 is 4.72 Å². The van der Waals surface area contributed by atoms with Crippen molar-refractivity contribution in [3.05, 3.63) is 47.9 Å². The zero-order valence-electron chi connectivity index (χ0n) is 16.4. The number of nitrogens with zero attached hydrogens (tertiary/aromatic N) is 3. The lowest BCUT2D eigenvalue weighted by Gasteiger charge is -2.32. The van der Waals surface area contributed by atoms with E-state index >= 15 is 0 Å². The van der Waals surface area contributed by atoms with E-state index in [1.165, 1.54) is 23.7 Å². The molecule has 1 N–H and O–H groups in total. The van der Waals surface area contributed by atoms with E-state index in [0.717, 1.165) is 38.9 Å². The summed E-state index contributed by atoms with van der Waals surface area (Å²) in [5, 5.41) is 0.0860. The van der Waals surface area contributed by atoms with Crippen molar-refractivity contribution in [3.8, 4) is 0 Å². The van der Waals surface area contributed by atoms with E-state index in [-0.39, 0.29) is 11.1 Å². The quantitative estimate of drug-likeness (QED) is 0.789. The van der Waals surface area contributed by atoms with E-state index in [9.17, 15) is 8.42 Å². The van der Waals surface area contributed by atoms with Crippen LogP contribution in [0.25, 0.3) is 0 Å². The lowest BCUT2D eigenvalue weighted by atomic mass is 10.0.